The molecule has 2 aromatic rings. The predicted octanol–water partition coefficient (Wildman–Crippen LogP) is 6.43. The molecule has 2 aliphatic rings. The fourth-order valence-electron chi connectivity index (χ4n) is 4.31. The van der Waals surface area contributed by atoms with Crippen LogP contribution in [0, 0.1) is 0 Å². The van der Waals surface area contributed by atoms with Crippen molar-refractivity contribution in [1.29, 1.82) is 0 Å². The number of hydrogen-bond acceptors (Lipinski definition) is 5. The number of unbranched alkanes of at least 4 members (excludes halogenated alkanes) is 2. The first-order chi connectivity index (χ1) is 18.6. The Hall–Kier alpha value is -4.71. The van der Waals surface area contributed by atoms with Gasteiger partial charge in [0, 0.05) is 40.2 Å². The minimum absolute atomic E-state index is 0.352. The van der Waals surface area contributed by atoms with Crippen molar-refractivity contribution in [2.24, 2.45) is 0 Å². The maximum Gasteiger partial charge on any atom is 0.330 e. The van der Waals surface area contributed by atoms with Gasteiger partial charge in [-0.3, -0.25) is 9.59 Å². The lowest BCUT2D eigenvalue weighted by molar-refractivity contribution is -0.137. The minimum Gasteiger partial charge on any atom is -0.463 e. The second-order valence-corrected chi connectivity index (χ2v) is 8.68. The summed E-state index contributed by atoms with van der Waals surface area (Å²) < 4.78 is 5.00. The summed E-state index contributed by atoms with van der Waals surface area (Å²) in [5, 5.41) is 4.94. The highest BCUT2D eigenvalue weighted by atomic mass is 16.5. The van der Waals surface area contributed by atoms with Gasteiger partial charge in [0.2, 0.25) is 0 Å². The molecule has 38 heavy (non-hydrogen) atoms. The topological polar surface area (TPSA) is 75.7 Å². The molecule has 1 aliphatic carbocycles. The monoisotopic (exact) mass is 506 g/mol. The third kappa shape index (κ3) is 6.16. The van der Waals surface area contributed by atoms with Gasteiger partial charge in [-0.15, -0.1) is 0 Å². The predicted molar refractivity (Wildman–Crippen MR) is 152 cm³/mol. The van der Waals surface area contributed by atoms with Crippen LogP contribution < -0.4 is 5.32 Å². The van der Waals surface area contributed by atoms with Gasteiger partial charge in [-0.05, 0) is 49.6 Å². The number of allylic oxidation sites excluding steroid dienone is 11. The number of nitrogens with one attached hydrogen (secondary N) is 1. The Morgan fingerprint density at radius 3 is 2.26 bits per heavy atom. The zero-order valence-electron chi connectivity index (χ0n) is 21.1. The number of benzene rings is 2. The SMILES string of the molecule is C=CC(=O)OCCCCCNc1ccc2c3c(cccc13)C(=O)N(C1=C/C=C\C=C/C=C\C=C/C=C\1)C2=O. The number of nitrogens with zero attached hydrogens (tertiary/aromatic N) is 1. The molecule has 1 heterocycles. The largest absolute Gasteiger partial charge is 0.463 e. The Bertz CT molecular complexity index is 1400. The molecule has 192 valence electrons. The van der Waals surface area contributed by atoms with Crippen LogP contribution in [0.1, 0.15) is 40.0 Å². The zero-order valence-corrected chi connectivity index (χ0v) is 21.1. The normalized spacial score (nSPS) is 20.3. The van der Waals surface area contributed by atoms with Crippen molar-refractivity contribution in [2.45, 2.75) is 19.3 Å². The highest BCUT2D eigenvalue weighted by molar-refractivity contribution is 6.27. The molecule has 0 spiro atoms. The van der Waals surface area contributed by atoms with Crippen molar-refractivity contribution in [3.8, 4) is 0 Å². The van der Waals surface area contributed by atoms with Crippen LogP contribution in [0.15, 0.2) is 116 Å². The van der Waals surface area contributed by atoms with Gasteiger partial charge < -0.3 is 10.1 Å². The summed E-state index contributed by atoms with van der Waals surface area (Å²) in [7, 11) is 0. The van der Waals surface area contributed by atoms with E-state index in [1.165, 1.54) is 4.90 Å². The molecule has 0 aromatic heterocycles. The second-order valence-electron chi connectivity index (χ2n) is 8.68. The van der Waals surface area contributed by atoms with Crippen LogP contribution in [0.5, 0.6) is 0 Å². The van der Waals surface area contributed by atoms with Gasteiger partial charge in [-0.1, -0.05) is 73.4 Å². The standard InChI is InChI=1S/C32H30N2O4/c1-2-29(35)38-23-14-10-13-22-33-28-21-20-27-30-25(28)18-15-19-26(30)31(36)34(32(27)37)24-16-11-8-6-4-3-5-7-9-12-17-24/h2-9,11-12,15-21,33H,1,10,13-14,22-23H2/b4-3-,5-3?,6-4?,7-5-,8-6-,9-7?,11-8?,12-9-,16-11-,17-12?,24-16?,24-17+. The highest BCUT2D eigenvalue weighted by Gasteiger charge is 2.34. The van der Waals surface area contributed by atoms with Gasteiger partial charge in [-0.2, -0.15) is 0 Å². The van der Waals surface area contributed by atoms with Crippen LogP contribution in [-0.4, -0.2) is 35.8 Å². The van der Waals surface area contributed by atoms with E-state index in [1.54, 1.807) is 24.3 Å². The lowest BCUT2D eigenvalue weighted by Gasteiger charge is -2.28. The highest BCUT2D eigenvalue weighted by Crippen LogP contribution is 2.35. The van der Waals surface area contributed by atoms with E-state index in [4.69, 9.17) is 4.74 Å². The molecule has 6 nitrogen and oxygen atoms in total. The Labute approximate surface area is 222 Å². The van der Waals surface area contributed by atoms with Gasteiger partial charge in [0.15, 0.2) is 0 Å². The number of hydrogen-bond donors (Lipinski definition) is 1. The smallest absolute Gasteiger partial charge is 0.330 e. The molecule has 2 aromatic carbocycles. The number of anilines is 1. The third-order valence-electron chi connectivity index (χ3n) is 6.14. The maximum atomic E-state index is 13.6. The molecule has 0 bridgehead atoms. The quantitative estimate of drug-likeness (QED) is 0.184. The number of carbonyl (C=O) groups is 3. The molecule has 1 N–H and O–H groups in total. The minimum atomic E-state index is -0.406. The lowest BCUT2D eigenvalue weighted by atomic mass is 9.92. The maximum absolute atomic E-state index is 13.6. The van der Waals surface area contributed by atoms with Gasteiger partial charge in [-0.25, -0.2) is 9.69 Å². The van der Waals surface area contributed by atoms with E-state index in [9.17, 15) is 14.4 Å². The summed E-state index contributed by atoms with van der Waals surface area (Å²) in [6, 6.07) is 9.22. The molecule has 1 aliphatic heterocycles. The number of rotatable bonds is 9. The van der Waals surface area contributed by atoms with E-state index < -0.39 is 5.97 Å². The van der Waals surface area contributed by atoms with E-state index in [2.05, 4.69) is 11.9 Å². The van der Waals surface area contributed by atoms with Crippen molar-refractivity contribution in [1.82, 2.24) is 4.90 Å². The molecule has 0 radical (unpaired) electrons. The van der Waals surface area contributed by atoms with Gasteiger partial charge in [0.05, 0.1) is 12.3 Å². The summed E-state index contributed by atoms with van der Waals surface area (Å²) in [6.07, 6.45) is 24.0. The van der Waals surface area contributed by atoms with Crippen molar-refractivity contribution >= 4 is 34.2 Å². The molecule has 0 saturated heterocycles. The summed E-state index contributed by atoms with van der Waals surface area (Å²) >= 11 is 0. The lowest BCUT2D eigenvalue weighted by Crippen LogP contribution is -2.39. The molecule has 0 fully saturated rings. The van der Waals surface area contributed by atoms with Crippen LogP contribution in [-0.2, 0) is 9.53 Å². The van der Waals surface area contributed by atoms with E-state index in [-0.39, 0.29) is 11.8 Å². The van der Waals surface area contributed by atoms with Crippen LogP contribution in [0.25, 0.3) is 10.8 Å². The average molecular weight is 507 g/mol. The van der Waals surface area contributed by atoms with Gasteiger partial charge >= 0.3 is 5.97 Å². The molecule has 6 heteroatoms. The average Bonchev–Trinajstić information content (AvgIpc) is 2.92. The summed E-state index contributed by atoms with van der Waals surface area (Å²) in [4.78, 5) is 39.6. The summed E-state index contributed by atoms with van der Waals surface area (Å²) in [6.45, 7) is 4.47. The van der Waals surface area contributed by atoms with Crippen molar-refractivity contribution in [2.75, 3.05) is 18.5 Å². The number of amides is 2. The molecular formula is C32H30N2O4. The Kier molecular flexibility index (Phi) is 9.03. The number of ether oxygens (including phenoxy) is 1. The van der Waals surface area contributed by atoms with E-state index >= 15 is 0 Å². The summed E-state index contributed by atoms with van der Waals surface area (Å²) in [5.41, 5.74) is 2.35. The molecular weight excluding hydrogens is 476 g/mol. The van der Waals surface area contributed by atoms with E-state index in [0.717, 1.165) is 36.4 Å². The van der Waals surface area contributed by atoms with Gasteiger partial charge in [0.1, 0.15) is 0 Å². The molecule has 2 amide bonds. The van der Waals surface area contributed by atoms with Crippen molar-refractivity contribution in [3.63, 3.8) is 0 Å². The van der Waals surface area contributed by atoms with Crippen LogP contribution in [0.2, 0.25) is 0 Å². The van der Waals surface area contributed by atoms with Crippen molar-refractivity contribution in [3.05, 3.63) is 127 Å². The fourth-order valence-corrected chi connectivity index (χ4v) is 4.31. The Balaban J connectivity index is 1.54. The number of esters is 1. The Morgan fingerprint density at radius 1 is 0.842 bits per heavy atom. The zero-order chi connectivity index (χ0) is 26.7. The third-order valence-corrected chi connectivity index (χ3v) is 6.14. The first kappa shape index (κ1) is 26.4. The first-order valence-corrected chi connectivity index (χ1v) is 12.6. The van der Waals surface area contributed by atoms with Crippen LogP contribution in [0.4, 0.5) is 5.69 Å². The Morgan fingerprint density at radius 2 is 1.53 bits per heavy atom. The molecule has 0 atom stereocenters. The van der Waals surface area contributed by atoms with Gasteiger partial charge in [0.25, 0.3) is 11.8 Å². The van der Waals surface area contributed by atoms with Crippen molar-refractivity contribution < 1.29 is 19.1 Å². The van der Waals surface area contributed by atoms with Crippen LogP contribution in [0.3, 0.4) is 0 Å². The first-order valence-electron chi connectivity index (χ1n) is 12.6. The second kappa shape index (κ2) is 13.0. The molecule has 0 unspecified atom stereocenters. The number of carbonyl (C=O) groups excluding carboxylic acids is 3. The van der Waals surface area contributed by atoms with E-state index in [0.29, 0.717) is 35.4 Å². The number of imide groups is 1. The fraction of sp³-hybridized carbons (Fsp3) is 0.156. The van der Waals surface area contributed by atoms with E-state index in [1.807, 2.05) is 72.9 Å². The van der Waals surface area contributed by atoms with Crippen LogP contribution >= 0.6 is 0 Å². The molecule has 4 rings (SSSR count). The summed E-state index contributed by atoms with van der Waals surface area (Å²) in [5.74, 6) is -1.11. The molecule has 0 saturated carbocycles.